The van der Waals surface area contributed by atoms with Gasteiger partial charge in [-0.1, -0.05) is 30.7 Å². The van der Waals surface area contributed by atoms with Crippen molar-refractivity contribution < 1.29 is 18.7 Å². The summed E-state index contributed by atoms with van der Waals surface area (Å²) in [6.07, 6.45) is 0.434. The highest BCUT2D eigenvalue weighted by Crippen LogP contribution is 2.28. The Morgan fingerprint density at radius 3 is 2.48 bits per heavy atom. The summed E-state index contributed by atoms with van der Waals surface area (Å²) >= 11 is 9.27. The Morgan fingerprint density at radius 1 is 1.21 bits per heavy atom. The Labute approximate surface area is 183 Å². The van der Waals surface area contributed by atoms with E-state index in [-0.39, 0.29) is 30.8 Å². The third kappa shape index (κ3) is 6.72. The molecule has 1 N–H and O–H groups in total. The fourth-order valence-electron chi connectivity index (χ4n) is 2.81. The number of nitrogens with one attached hydrogen (secondary N) is 1. The quantitative estimate of drug-likeness (QED) is 0.566. The van der Waals surface area contributed by atoms with Gasteiger partial charge in [0.05, 0.1) is 4.47 Å². The molecule has 29 heavy (non-hydrogen) atoms. The van der Waals surface area contributed by atoms with Gasteiger partial charge in [0.15, 0.2) is 6.61 Å². The molecule has 2 aromatic rings. The summed E-state index contributed by atoms with van der Waals surface area (Å²) in [7, 11) is 0. The monoisotopic (exact) mass is 484 g/mol. The number of likely N-dealkylation sites (N-methyl/N-ethyl adjacent to an activating group) is 1. The fourth-order valence-corrected chi connectivity index (χ4v) is 3.61. The average molecular weight is 486 g/mol. The van der Waals surface area contributed by atoms with Gasteiger partial charge in [-0.25, -0.2) is 4.39 Å². The summed E-state index contributed by atoms with van der Waals surface area (Å²) in [5.74, 6) is -0.485. The third-order valence-corrected chi connectivity index (χ3v) is 5.10. The van der Waals surface area contributed by atoms with Crippen molar-refractivity contribution in [3.8, 4) is 5.75 Å². The predicted molar refractivity (Wildman–Crippen MR) is 114 cm³/mol. The number of ether oxygens (including phenoxy) is 1. The van der Waals surface area contributed by atoms with E-state index in [4.69, 9.17) is 16.3 Å². The lowest BCUT2D eigenvalue weighted by Crippen LogP contribution is -2.50. The molecule has 5 nitrogen and oxygen atoms in total. The van der Waals surface area contributed by atoms with Gasteiger partial charge in [0.25, 0.3) is 5.91 Å². The first kappa shape index (κ1) is 23.2. The van der Waals surface area contributed by atoms with Crippen molar-refractivity contribution in [2.75, 3.05) is 13.2 Å². The summed E-state index contributed by atoms with van der Waals surface area (Å²) in [4.78, 5) is 26.9. The maximum absolute atomic E-state index is 13.2. The van der Waals surface area contributed by atoms with Crippen LogP contribution in [0.4, 0.5) is 4.39 Å². The molecule has 0 radical (unpaired) electrons. The van der Waals surface area contributed by atoms with Gasteiger partial charge in [-0.2, -0.15) is 0 Å². The minimum atomic E-state index is -0.662. The molecule has 2 aromatic carbocycles. The second-order valence-electron chi connectivity index (χ2n) is 6.33. The van der Waals surface area contributed by atoms with Crippen LogP contribution in [-0.2, 0) is 16.1 Å². The molecule has 0 bridgehead atoms. The first-order valence-electron chi connectivity index (χ1n) is 9.25. The van der Waals surface area contributed by atoms with Gasteiger partial charge in [-0.3, -0.25) is 9.59 Å². The van der Waals surface area contributed by atoms with Crippen molar-refractivity contribution >= 4 is 39.3 Å². The maximum atomic E-state index is 13.2. The lowest BCUT2D eigenvalue weighted by atomic mass is 10.1. The van der Waals surface area contributed by atoms with E-state index in [0.717, 1.165) is 5.56 Å². The highest BCUT2D eigenvalue weighted by Gasteiger charge is 2.28. The number of amides is 2. The Balaban J connectivity index is 2.20. The van der Waals surface area contributed by atoms with Gasteiger partial charge in [0.2, 0.25) is 5.91 Å². The molecule has 0 saturated carbocycles. The van der Waals surface area contributed by atoms with Crippen molar-refractivity contribution in [3.05, 3.63) is 63.3 Å². The van der Waals surface area contributed by atoms with E-state index in [1.54, 1.807) is 30.3 Å². The molecule has 0 fully saturated rings. The summed E-state index contributed by atoms with van der Waals surface area (Å²) < 4.78 is 19.5. The van der Waals surface area contributed by atoms with Crippen LogP contribution in [-0.4, -0.2) is 35.9 Å². The number of carbonyl (C=O) groups excluding carboxylic acids is 2. The van der Waals surface area contributed by atoms with Gasteiger partial charge >= 0.3 is 0 Å². The summed E-state index contributed by atoms with van der Waals surface area (Å²) in [6, 6.07) is 10.2. The van der Waals surface area contributed by atoms with Crippen LogP contribution in [0.15, 0.2) is 46.9 Å². The zero-order chi connectivity index (χ0) is 21.4. The maximum Gasteiger partial charge on any atom is 0.261 e. The van der Waals surface area contributed by atoms with Crippen molar-refractivity contribution in [3.63, 3.8) is 0 Å². The van der Waals surface area contributed by atoms with Crippen LogP contribution in [0.2, 0.25) is 5.02 Å². The number of nitrogens with zero attached hydrogens (tertiary/aromatic N) is 1. The average Bonchev–Trinajstić information content (AvgIpc) is 2.68. The normalized spacial score (nSPS) is 11.6. The van der Waals surface area contributed by atoms with E-state index in [1.165, 1.54) is 17.0 Å². The molecular weight excluding hydrogens is 463 g/mol. The smallest absolute Gasteiger partial charge is 0.261 e. The molecule has 8 heteroatoms. The number of halogens is 3. The van der Waals surface area contributed by atoms with Gasteiger partial charge in [-0.15, -0.1) is 0 Å². The second-order valence-corrected chi connectivity index (χ2v) is 7.62. The van der Waals surface area contributed by atoms with Crippen LogP contribution in [0.3, 0.4) is 0 Å². The van der Waals surface area contributed by atoms with Crippen LogP contribution >= 0.6 is 27.5 Å². The number of hydrogen-bond donors (Lipinski definition) is 1. The molecule has 0 aliphatic carbocycles. The van der Waals surface area contributed by atoms with E-state index in [0.29, 0.717) is 28.2 Å². The van der Waals surface area contributed by atoms with E-state index in [1.807, 2.05) is 13.8 Å². The zero-order valence-corrected chi connectivity index (χ0v) is 18.6. The molecule has 0 aliphatic rings. The van der Waals surface area contributed by atoms with E-state index in [2.05, 4.69) is 21.2 Å². The predicted octanol–water partition coefficient (Wildman–Crippen LogP) is 4.56. The first-order chi connectivity index (χ1) is 13.8. The fraction of sp³-hybridized carbons (Fsp3) is 0.333. The molecule has 2 rings (SSSR count). The Morgan fingerprint density at radius 2 is 1.90 bits per heavy atom. The van der Waals surface area contributed by atoms with Crippen molar-refractivity contribution in [1.82, 2.24) is 10.2 Å². The largest absolute Gasteiger partial charge is 0.483 e. The molecule has 2 amide bonds. The zero-order valence-electron chi connectivity index (χ0n) is 16.3. The Hall–Kier alpha value is -2.12. The standard InChI is InChI=1S/C21H23BrClFN2O3/c1-3-18(21(28)25-4-2)26(12-14-5-8-16(24)9-6-14)20(27)13-29-19-10-7-15(23)11-17(19)22/h5-11,18H,3-4,12-13H2,1-2H3,(H,25,28). The summed E-state index contributed by atoms with van der Waals surface area (Å²) in [6.45, 7) is 4.03. The first-order valence-corrected chi connectivity index (χ1v) is 10.4. The topological polar surface area (TPSA) is 58.6 Å². The van der Waals surface area contributed by atoms with Crippen LogP contribution in [0.1, 0.15) is 25.8 Å². The number of benzene rings is 2. The highest BCUT2D eigenvalue weighted by molar-refractivity contribution is 9.10. The lowest BCUT2D eigenvalue weighted by molar-refractivity contribution is -0.142. The number of hydrogen-bond acceptors (Lipinski definition) is 3. The highest BCUT2D eigenvalue weighted by atomic mass is 79.9. The Kier molecular flexibility index (Phi) is 8.92. The van der Waals surface area contributed by atoms with E-state index in [9.17, 15) is 14.0 Å². The SMILES string of the molecule is CCNC(=O)C(CC)N(Cc1ccc(F)cc1)C(=O)COc1ccc(Cl)cc1Br. The van der Waals surface area contributed by atoms with Gasteiger partial charge in [0.1, 0.15) is 17.6 Å². The molecule has 1 unspecified atom stereocenters. The molecule has 0 aliphatic heterocycles. The molecule has 156 valence electrons. The Bertz CT molecular complexity index is 848. The lowest BCUT2D eigenvalue weighted by Gasteiger charge is -2.30. The van der Waals surface area contributed by atoms with Crippen molar-refractivity contribution in [2.45, 2.75) is 32.9 Å². The van der Waals surface area contributed by atoms with Crippen LogP contribution in [0, 0.1) is 5.82 Å². The van der Waals surface area contributed by atoms with Crippen LogP contribution in [0.5, 0.6) is 5.75 Å². The summed E-state index contributed by atoms with van der Waals surface area (Å²) in [5.41, 5.74) is 0.718. The molecule has 0 spiro atoms. The molecule has 0 aromatic heterocycles. The van der Waals surface area contributed by atoms with Crippen molar-refractivity contribution in [2.24, 2.45) is 0 Å². The van der Waals surface area contributed by atoms with Gasteiger partial charge in [0, 0.05) is 18.1 Å². The minimum absolute atomic E-state index is 0.167. The van der Waals surface area contributed by atoms with Crippen LogP contribution in [0.25, 0.3) is 0 Å². The number of carbonyl (C=O) groups is 2. The third-order valence-electron chi connectivity index (χ3n) is 4.25. The molecule has 0 saturated heterocycles. The summed E-state index contributed by atoms with van der Waals surface area (Å²) in [5, 5.41) is 3.30. The van der Waals surface area contributed by atoms with Crippen LogP contribution < -0.4 is 10.1 Å². The molecular formula is C21H23BrClFN2O3. The van der Waals surface area contributed by atoms with E-state index >= 15 is 0 Å². The van der Waals surface area contributed by atoms with Gasteiger partial charge < -0.3 is 15.0 Å². The minimum Gasteiger partial charge on any atom is -0.483 e. The van der Waals surface area contributed by atoms with Gasteiger partial charge in [-0.05, 0) is 65.2 Å². The van der Waals surface area contributed by atoms with Crippen molar-refractivity contribution in [1.29, 1.82) is 0 Å². The second kappa shape index (κ2) is 11.2. The molecule has 0 heterocycles. The number of rotatable bonds is 9. The van der Waals surface area contributed by atoms with E-state index < -0.39 is 6.04 Å². The molecule has 1 atom stereocenters.